The lowest BCUT2D eigenvalue weighted by Gasteiger charge is -2.05. The van der Waals surface area contributed by atoms with Crippen LogP contribution in [-0.4, -0.2) is 52.1 Å². The van der Waals surface area contributed by atoms with E-state index < -0.39 is 0 Å². The van der Waals surface area contributed by atoms with Gasteiger partial charge in [-0.2, -0.15) is 20.5 Å². The highest BCUT2D eigenvalue weighted by molar-refractivity contribution is 7.98. The molecule has 2 heterocycles. The Kier molecular flexibility index (Phi) is 6.68. The number of hydrogen-bond donors (Lipinski definition) is 2. The largest absolute Gasteiger partial charge is 0.369 e. The van der Waals surface area contributed by atoms with Crippen molar-refractivity contribution in [1.29, 1.82) is 0 Å². The number of nitrogens with one attached hydrogen (secondary N) is 2. The average molecular weight is 345 g/mol. The number of thioether (sulfide) groups is 1. The second kappa shape index (κ2) is 8.52. The third-order valence-corrected chi connectivity index (χ3v) is 4.97. The highest BCUT2D eigenvalue weighted by Crippen LogP contribution is 2.19. The normalized spacial score (nSPS) is 11.0. The zero-order chi connectivity index (χ0) is 15.1. The minimum atomic E-state index is 0.817. The zero-order valence-electron chi connectivity index (χ0n) is 12.4. The van der Waals surface area contributed by atoms with E-state index in [0.29, 0.717) is 0 Å². The second-order valence-electron chi connectivity index (χ2n) is 4.66. The van der Waals surface area contributed by atoms with Crippen LogP contribution in [0.3, 0.4) is 0 Å². The molecule has 2 aromatic rings. The highest BCUT2D eigenvalue weighted by atomic mass is 32.2. The van der Waals surface area contributed by atoms with E-state index in [1.54, 1.807) is 11.3 Å². The standard InChI is InChI=1S/C12H20N6S3/c1-13-11-12(17-21-16-11)14-4-5-19-7-9-8-20-10(15-9)6-18(2)3/h8H,4-7H2,1-3H3,(H,13,16)(H,14,17). The summed E-state index contributed by atoms with van der Waals surface area (Å²) in [6, 6.07) is 0. The van der Waals surface area contributed by atoms with E-state index >= 15 is 0 Å². The molecule has 6 nitrogen and oxygen atoms in total. The minimum Gasteiger partial charge on any atom is -0.369 e. The monoisotopic (exact) mass is 344 g/mol. The number of anilines is 2. The van der Waals surface area contributed by atoms with Crippen molar-refractivity contribution >= 4 is 46.5 Å². The molecule has 0 aromatic carbocycles. The number of aromatic nitrogens is 3. The maximum Gasteiger partial charge on any atom is 0.184 e. The lowest BCUT2D eigenvalue weighted by Crippen LogP contribution is -2.10. The van der Waals surface area contributed by atoms with Gasteiger partial charge in [-0.3, -0.25) is 0 Å². The predicted octanol–water partition coefficient (Wildman–Crippen LogP) is 2.44. The Labute approximate surface area is 137 Å². The molecule has 0 aliphatic rings. The van der Waals surface area contributed by atoms with Crippen molar-refractivity contribution in [2.45, 2.75) is 12.3 Å². The van der Waals surface area contributed by atoms with Gasteiger partial charge >= 0.3 is 0 Å². The Hall–Kier alpha value is -0.900. The van der Waals surface area contributed by atoms with Crippen molar-refractivity contribution in [3.05, 3.63) is 16.1 Å². The first-order valence-electron chi connectivity index (χ1n) is 6.59. The third-order valence-electron chi connectivity index (χ3n) is 2.56. The molecule has 0 aliphatic carbocycles. The van der Waals surface area contributed by atoms with Crippen LogP contribution >= 0.6 is 34.8 Å². The summed E-state index contributed by atoms with van der Waals surface area (Å²) < 4.78 is 8.35. The Balaban J connectivity index is 1.64. The van der Waals surface area contributed by atoms with Gasteiger partial charge in [-0.1, -0.05) is 0 Å². The molecule has 2 aromatic heterocycles. The molecule has 0 amide bonds. The van der Waals surface area contributed by atoms with Crippen LogP contribution in [0.25, 0.3) is 0 Å². The first-order chi connectivity index (χ1) is 10.2. The molecule has 0 bridgehead atoms. The summed E-state index contributed by atoms with van der Waals surface area (Å²) in [5, 5.41) is 9.64. The molecule has 0 saturated carbocycles. The average Bonchev–Trinajstić information content (AvgIpc) is 3.07. The number of thiazole rings is 1. The van der Waals surface area contributed by atoms with Gasteiger partial charge < -0.3 is 15.5 Å². The Morgan fingerprint density at radius 2 is 2.10 bits per heavy atom. The molecule has 116 valence electrons. The van der Waals surface area contributed by atoms with Crippen molar-refractivity contribution < 1.29 is 0 Å². The number of rotatable bonds is 9. The topological polar surface area (TPSA) is 66.0 Å². The van der Waals surface area contributed by atoms with E-state index in [2.05, 4.69) is 48.7 Å². The van der Waals surface area contributed by atoms with E-state index in [9.17, 15) is 0 Å². The van der Waals surface area contributed by atoms with Crippen LogP contribution in [0, 0.1) is 0 Å². The lowest BCUT2D eigenvalue weighted by molar-refractivity contribution is 0.401. The van der Waals surface area contributed by atoms with Crippen LogP contribution in [0.2, 0.25) is 0 Å². The maximum absolute atomic E-state index is 4.63. The van der Waals surface area contributed by atoms with E-state index in [4.69, 9.17) is 0 Å². The quantitative estimate of drug-likeness (QED) is 0.677. The summed E-state index contributed by atoms with van der Waals surface area (Å²) in [7, 11) is 5.98. The van der Waals surface area contributed by atoms with E-state index in [-0.39, 0.29) is 0 Å². The van der Waals surface area contributed by atoms with E-state index in [1.807, 2.05) is 18.8 Å². The van der Waals surface area contributed by atoms with Gasteiger partial charge in [-0.15, -0.1) is 11.3 Å². The molecule has 0 saturated heterocycles. The van der Waals surface area contributed by atoms with Gasteiger partial charge in [0.1, 0.15) is 5.01 Å². The van der Waals surface area contributed by atoms with Crippen LogP contribution in [0.1, 0.15) is 10.7 Å². The summed E-state index contributed by atoms with van der Waals surface area (Å²) in [4.78, 5) is 6.77. The Morgan fingerprint density at radius 3 is 2.86 bits per heavy atom. The molecule has 0 unspecified atom stereocenters. The van der Waals surface area contributed by atoms with Crippen molar-refractivity contribution in [3.63, 3.8) is 0 Å². The first-order valence-corrected chi connectivity index (χ1v) is 9.35. The molecule has 2 rings (SSSR count). The van der Waals surface area contributed by atoms with Gasteiger partial charge in [0.05, 0.1) is 17.4 Å². The highest BCUT2D eigenvalue weighted by Gasteiger charge is 2.05. The first kappa shape index (κ1) is 16.5. The zero-order valence-corrected chi connectivity index (χ0v) is 14.9. The van der Waals surface area contributed by atoms with E-state index in [1.165, 1.54) is 22.4 Å². The van der Waals surface area contributed by atoms with Crippen molar-refractivity contribution in [2.75, 3.05) is 44.1 Å². The van der Waals surface area contributed by atoms with Crippen LogP contribution in [0.5, 0.6) is 0 Å². The van der Waals surface area contributed by atoms with Crippen LogP contribution in [0.4, 0.5) is 11.6 Å². The van der Waals surface area contributed by atoms with Crippen molar-refractivity contribution in [3.8, 4) is 0 Å². The molecule has 0 spiro atoms. The molecular weight excluding hydrogens is 324 g/mol. The molecule has 0 atom stereocenters. The molecule has 0 fully saturated rings. The third kappa shape index (κ3) is 5.42. The van der Waals surface area contributed by atoms with Gasteiger partial charge in [-0.05, 0) is 14.1 Å². The van der Waals surface area contributed by atoms with Gasteiger partial charge in [-0.25, -0.2) is 4.98 Å². The predicted molar refractivity (Wildman–Crippen MR) is 93.6 cm³/mol. The van der Waals surface area contributed by atoms with Crippen LogP contribution in [0.15, 0.2) is 5.38 Å². The van der Waals surface area contributed by atoms with Gasteiger partial charge in [0, 0.05) is 37.0 Å². The Bertz CT molecular complexity index is 539. The number of nitrogens with zero attached hydrogens (tertiary/aromatic N) is 4. The fourth-order valence-corrected chi connectivity index (χ4v) is 3.94. The molecule has 21 heavy (non-hydrogen) atoms. The fourth-order valence-electron chi connectivity index (χ4n) is 1.65. The smallest absolute Gasteiger partial charge is 0.184 e. The van der Waals surface area contributed by atoms with Gasteiger partial charge in [0.15, 0.2) is 11.6 Å². The molecule has 0 aliphatic heterocycles. The van der Waals surface area contributed by atoms with Gasteiger partial charge in [0.25, 0.3) is 0 Å². The fraction of sp³-hybridized carbons (Fsp3) is 0.583. The molecular formula is C12H20N6S3. The lowest BCUT2D eigenvalue weighted by atomic mass is 10.5. The summed E-state index contributed by atoms with van der Waals surface area (Å²) in [6.45, 7) is 1.79. The van der Waals surface area contributed by atoms with E-state index in [0.717, 1.165) is 36.2 Å². The maximum atomic E-state index is 4.63. The summed E-state index contributed by atoms with van der Waals surface area (Å²) in [6.07, 6.45) is 0. The molecule has 0 radical (unpaired) electrons. The Morgan fingerprint density at radius 1 is 1.29 bits per heavy atom. The minimum absolute atomic E-state index is 0.817. The number of hydrogen-bond acceptors (Lipinski definition) is 9. The van der Waals surface area contributed by atoms with Crippen molar-refractivity contribution in [2.24, 2.45) is 0 Å². The van der Waals surface area contributed by atoms with Crippen LogP contribution in [-0.2, 0) is 12.3 Å². The van der Waals surface area contributed by atoms with Crippen molar-refractivity contribution in [1.82, 2.24) is 18.6 Å². The second-order valence-corrected chi connectivity index (χ2v) is 7.24. The molecule has 9 heteroatoms. The van der Waals surface area contributed by atoms with Gasteiger partial charge in [0.2, 0.25) is 0 Å². The molecule has 2 N–H and O–H groups in total. The summed E-state index contributed by atoms with van der Waals surface area (Å²) in [5.41, 5.74) is 1.17. The summed E-state index contributed by atoms with van der Waals surface area (Å²) in [5.74, 6) is 3.63. The van der Waals surface area contributed by atoms with Crippen LogP contribution < -0.4 is 10.6 Å². The summed E-state index contributed by atoms with van der Waals surface area (Å²) >= 11 is 4.83. The SMILES string of the molecule is CNc1nsnc1NCCSCc1csc(CN(C)C)n1.